The molecule has 3 aromatic heterocycles. The van der Waals surface area contributed by atoms with E-state index in [0.717, 1.165) is 88.5 Å². The lowest BCUT2D eigenvalue weighted by Gasteiger charge is -2.12. The quantitative estimate of drug-likeness (QED) is 0.181. The molecule has 11 rings (SSSR count). The Morgan fingerprint density at radius 1 is 0.389 bits per heavy atom. The third-order valence-corrected chi connectivity index (χ3v) is 10.6. The van der Waals surface area contributed by atoms with Crippen LogP contribution in [0.4, 0.5) is 0 Å². The predicted molar refractivity (Wildman–Crippen MR) is 223 cm³/mol. The average molecular weight is 690 g/mol. The fourth-order valence-corrected chi connectivity index (χ4v) is 8.09. The third kappa shape index (κ3) is 4.78. The second kappa shape index (κ2) is 12.1. The van der Waals surface area contributed by atoms with Gasteiger partial charge < -0.3 is 8.98 Å². The molecule has 8 aromatic carbocycles. The van der Waals surface area contributed by atoms with Gasteiger partial charge in [-0.25, -0.2) is 9.97 Å². The van der Waals surface area contributed by atoms with E-state index in [0.29, 0.717) is 5.82 Å². The third-order valence-electron chi connectivity index (χ3n) is 10.6. The Bertz CT molecular complexity index is 3190. The molecule has 0 aliphatic heterocycles. The van der Waals surface area contributed by atoms with E-state index in [1.54, 1.807) is 0 Å². The summed E-state index contributed by atoms with van der Waals surface area (Å²) in [4.78, 5) is 10.6. The van der Waals surface area contributed by atoms with Crippen LogP contribution in [-0.4, -0.2) is 14.5 Å². The number of rotatable bonds is 5. The van der Waals surface area contributed by atoms with E-state index in [-0.39, 0.29) is 0 Å². The van der Waals surface area contributed by atoms with Crippen LogP contribution in [-0.2, 0) is 0 Å². The maximum Gasteiger partial charge on any atom is 0.161 e. The van der Waals surface area contributed by atoms with E-state index in [1.165, 1.54) is 10.9 Å². The number of para-hydroxylation sites is 3. The lowest BCUT2D eigenvalue weighted by molar-refractivity contribution is 0.672. The van der Waals surface area contributed by atoms with Crippen molar-refractivity contribution in [3.05, 3.63) is 188 Å². The molecule has 0 unspecified atom stereocenters. The molecule has 4 nitrogen and oxygen atoms in total. The molecule has 4 heteroatoms. The molecular formula is C50H31N3O. The number of furan rings is 1. The number of aromatic nitrogens is 3. The summed E-state index contributed by atoms with van der Waals surface area (Å²) in [7, 11) is 0. The fourth-order valence-electron chi connectivity index (χ4n) is 8.09. The minimum absolute atomic E-state index is 0.672. The van der Waals surface area contributed by atoms with Crippen LogP contribution < -0.4 is 0 Å². The smallest absolute Gasteiger partial charge is 0.161 e. The van der Waals surface area contributed by atoms with Gasteiger partial charge in [-0.1, -0.05) is 152 Å². The normalized spacial score (nSPS) is 11.7. The SMILES string of the molecule is c1ccc(-c2ccc(-c3cc(-c4cccc5c4oc4c5ccc5c6ccccc6n(-c6ccccc6)c54)nc(-c4cccc5ccccc45)n3)cc2)cc1. The summed E-state index contributed by atoms with van der Waals surface area (Å²) in [6.45, 7) is 0. The van der Waals surface area contributed by atoms with Gasteiger partial charge in [0.25, 0.3) is 0 Å². The van der Waals surface area contributed by atoms with Crippen molar-refractivity contribution in [3.8, 4) is 50.7 Å². The van der Waals surface area contributed by atoms with Crippen molar-refractivity contribution in [2.45, 2.75) is 0 Å². The molecule has 0 atom stereocenters. The second-order valence-corrected chi connectivity index (χ2v) is 13.7. The van der Waals surface area contributed by atoms with E-state index in [1.807, 2.05) is 6.07 Å². The first-order chi connectivity index (χ1) is 26.8. The fraction of sp³-hybridized carbons (Fsp3) is 0. The highest BCUT2D eigenvalue weighted by Crippen LogP contribution is 2.43. The molecule has 0 bridgehead atoms. The Hall–Kier alpha value is -7.30. The van der Waals surface area contributed by atoms with Crippen molar-refractivity contribution >= 4 is 54.5 Å². The highest BCUT2D eigenvalue weighted by molar-refractivity contribution is 6.22. The molecule has 0 radical (unpaired) electrons. The van der Waals surface area contributed by atoms with Crippen LogP contribution in [0, 0.1) is 0 Å². The minimum atomic E-state index is 0.672. The number of hydrogen-bond donors (Lipinski definition) is 0. The molecule has 11 aromatic rings. The maximum absolute atomic E-state index is 7.09. The van der Waals surface area contributed by atoms with Gasteiger partial charge in [0.2, 0.25) is 0 Å². The van der Waals surface area contributed by atoms with Gasteiger partial charge in [0, 0.05) is 43.9 Å². The first-order valence-corrected chi connectivity index (χ1v) is 18.2. The average Bonchev–Trinajstić information content (AvgIpc) is 3.80. The second-order valence-electron chi connectivity index (χ2n) is 13.7. The Balaban J connectivity index is 1.16. The van der Waals surface area contributed by atoms with Crippen molar-refractivity contribution < 1.29 is 4.42 Å². The standard InChI is InChI=1S/C50H31N3O/c1-3-13-32(14-4-1)33-25-27-35(28-26-33)44-31-45(52-50(51-44)42-22-11-16-34-15-7-8-19-37(34)42)43-23-12-21-40-41-30-29-39-38-20-9-10-24-46(38)53(36-17-5-2-6-18-36)47(39)49(41)54-48(40)43/h1-31H. The van der Waals surface area contributed by atoms with Crippen molar-refractivity contribution in [2.24, 2.45) is 0 Å². The van der Waals surface area contributed by atoms with Gasteiger partial charge in [0.1, 0.15) is 5.58 Å². The molecule has 0 saturated carbocycles. The molecule has 0 saturated heterocycles. The summed E-state index contributed by atoms with van der Waals surface area (Å²) >= 11 is 0. The zero-order valence-electron chi connectivity index (χ0n) is 29.1. The predicted octanol–water partition coefficient (Wildman–Crippen LogP) is 13.3. The van der Waals surface area contributed by atoms with Gasteiger partial charge in [-0.2, -0.15) is 0 Å². The van der Waals surface area contributed by atoms with Gasteiger partial charge in [-0.3, -0.25) is 0 Å². The molecule has 0 N–H and O–H groups in total. The van der Waals surface area contributed by atoms with E-state index in [2.05, 4.69) is 187 Å². The largest absolute Gasteiger partial charge is 0.453 e. The van der Waals surface area contributed by atoms with Crippen LogP contribution in [0.15, 0.2) is 192 Å². The van der Waals surface area contributed by atoms with Gasteiger partial charge >= 0.3 is 0 Å². The summed E-state index contributed by atoms with van der Waals surface area (Å²) in [6, 6.07) is 65.9. The van der Waals surface area contributed by atoms with Crippen molar-refractivity contribution in [3.63, 3.8) is 0 Å². The number of fused-ring (bicyclic) bond motifs is 8. The van der Waals surface area contributed by atoms with Crippen molar-refractivity contribution in [1.29, 1.82) is 0 Å². The van der Waals surface area contributed by atoms with Crippen molar-refractivity contribution in [2.75, 3.05) is 0 Å². The molecule has 0 aliphatic rings. The van der Waals surface area contributed by atoms with Crippen molar-refractivity contribution in [1.82, 2.24) is 14.5 Å². The molecule has 3 heterocycles. The van der Waals surface area contributed by atoms with E-state index in [9.17, 15) is 0 Å². The molecule has 0 fully saturated rings. The van der Waals surface area contributed by atoms with Crippen LogP contribution in [0.2, 0.25) is 0 Å². The first kappa shape index (κ1) is 30.3. The number of benzene rings is 8. The Labute approximate surface area is 311 Å². The Morgan fingerprint density at radius 2 is 0.981 bits per heavy atom. The summed E-state index contributed by atoms with van der Waals surface area (Å²) < 4.78 is 9.42. The topological polar surface area (TPSA) is 43.9 Å². The Kier molecular flexibility index (Phi) is 6.82. The zero-order valence-corrected chi connectivity index (χ0v) is 29.1. The Morgan fingerprint density at radius 3 is 1.83 bits per heavy atom. The summed E-state index contributed by atoms with van der Waals surface area (Å²) in [6.07, 6.45) is 0. The molecule has 0 aliphatic carbocycles. The van der Waals surface area contributed by atoms with E-state index in [4.69, 9.17) is 14.4 Å². The summed E-state index contributed by atoms with van der Waals surface area (Å²) in [5, 5.41) is 6.73. The minimum Gasteiger partial charge on any atom is -0.453 e. The zero-order chi connectivity index (χ0) is 35.6. The number of hydrogen-bond acceptors (Lipinski definition) is 3. The van der Waals surface area contributed by atoms with Crippen LogP contribution >= 0.6 is 0 Å². The maximum atomic E-state index is 7.09. The van der Waals surface area contributed by atoms with Gasteiger partial charge in [-0.05, 0) is 58.3 Å². The van der Waals surface area contributed by atoms with Crippen LogP contribution in [0.5, 0.6) is 0 Å². The lowest BCUT2D eigenvalue weighted by atomic mass is 10.00. The van der Waals surface area contributed by atoms with Crippen LogP contribution in [0.3, 0.4) is 0 Å². The molecule has 54 heavy (non-hydrogen) atoms. The number of nitrogens with zero attached hydrogens (tertiary/aromatic N) is 3. The van der Waals surface area contributed by atoms with Gasteiger partial charge in [-0.15, -0.1) is 0 Å². The van der Waals surface area contributed by atoms with E-state index < -0.39 is 0 Å². The lowest BCUT2D eigenvalue weighted by Crippen LogP contribution is -1.97. The van der Waals surface area contributed by atoms with Gasteiger partial charge in [0.15, 0.2) is 11.4 Å². The molecule has 0 amide bonds. The van der Waals surface area contributed by atoms with Crippen LogP contribution in [0.1, 0.15) is 0 Å². The summed E-state index contributed by atoms with van der Waals surface area (Å²) in [5.41, 5.74) is 11.9. The van der Waals surface area contributed by atoms with Gasteiger partial charge in [0.05, 0.1) is 22.4 Å². The first-order valence-electron chi connectivity index (χ1n) is 18.2. The molecular weight excluding hydrogens is 659 g/mol. The van der Waals surface area contributed by atoms with Crippen LogP contribution in [0.25, 0.3) is 105 Å². The highest BCUT2D eigenvalue weighted by Gasteiger charge is 2.22. The summed E-state index contributed by atoms with van der Waals surface area (Å²) in [5.74, 6) is 0.672. The highest BCUT2D eigenvalue weighted by atomic mass is 16.3. The molecule has 252 valence electrons. The monoisotopic (exact) mass is 689 g/mol. The van der Waals surface area contributed by atoms with E-state index >= 15 is 0 Å². The molecule has 0 spiro atoms.